The molecule has 176 valence electrons. The third kappa shape index (κ3) is 7.43. The van der Waals surface area contributed by atoms with Crippen molar-refractivity contribution in [2.24, 2.45) is 12.0 Å². The molecule has 1 aromatic rings. The lowest BCUT2D eigenvalue weighted by molar-refractivity contribution is 0.0376. The van der Waals surface area contributed by atoms with Crippen LogP contribution in [0.4, 0.5) is 0 Å². The molecular weight excluding hydrogens is 392 g/mol. The summed E-state index contributed by atoms with van der Waals surface area (Å²) in [6.45, 7) is 16.1. The van der Waals surface area contributed by atoms with Crippen LogP contribution < -0.4 is 10.6 Å². The number of nitrogens with zero attached hydrogens (tertiary/aromatic N) is 6. The maximum atomic E-state index is 5.44. The molecule has 2 N–H and O–H groups in total. The summed E-state index contributed by atoms with van der Waals surface area (Å²) in [6.07, 6.45) is 5.04. The molecule has 2 aliphatic rings. The van der Waals surface area contributed by atoms with Gasteiger partial charge in [-0.05, 0) is 59.7 Å². The molecular formula is C22H42N8O. The molecule has 2 saturated heterocycles. The van der Waals surface area contributed by atoms with E-state index in [1.807, 2.05) is 18.5 Å². The van der Waals surface area contributed by atoms with E-state index in [1.54, 1.807) is 0 Å². The molecule has 31 heavy (non-hydrogen) atoms. The Labute approximate surface area is 187 Å². The molecule has 0 unspecified atom stereocenters. The van der Waals surface area contributed by atoms with Crippen LogP contribution in [0, 0.1) is 6.92 Å². The topological polar surface area (TPSA) is 82.8 Å². The van der Waals surface area contributed by atoms with E-state index in [2.05, 4.69) is 44.5 Å². The Morgan fingerprint density at radius 1 is 1.06 bits per heavy atom. The molecule has 0 atom stereocenters. The van der Waals surface area contributed by atoms with Crippen LogP contribution in [0.1, 0.15) is 51.2 Å². The lowest BCUT2D eigenvalue weighted by Crippen LogP contribution is -2.55. The number of piperidine rings is 1. The Kier molecular flexibility index (Phi) is 9.10. The van der Waals surface area contributed by atoms with Crippen LogP contribution in [0.3, 0.4) is 0 Å². The average Bonchev–Trinajstić information content (AvgIpc) is 3.11. The fourth-order valence-electron chi connectivity index (χ4n) is 4.16. The van der Waals surface area contributed by atoms with Gasteiger partial charge in [-0.3, -0.25) is 9.80 Å². The number of likely N-dealkylation sites (tertiary alicyclic amines) is 1. The Balaban J connectivity index is 1.53. The summed E-state index contributed by atoms with van der Waals surface area (Å²) in [5.74, 6) is 2.64. The van der Waals surface area contributed by atoms with E-state index in [-0.39, 0.29) is 5.54 Å². The Morgan fingerprint density at radius 2 is 1.81 bits per heavy atom. The molecule has 0 spiro atoms. The predicted molar refractivity (Wildman–Crippen MR) is 124 cm³/mol. The molecule has 3 heterocycles. The van der Waals surface area contributed by atoms with Gasteiger partial charge in [-0.1, -0.05) is 6.42 Å². The minimum atomic E-state index is 0.0953. The van der Waals surface area contributed by atoms with Crippen LogP contribution >= 0.6 is 0 Å². The summed E-state index contributed by atoms with van der Waals surface area (Å²) in [5.41, 5.74) is 0.0953. The molecule has 0 amide bonds. The zero-order valence-electron chi connectivity index (χ0n) is 20.0. The second-order valence-corrected chi connectivity index (χ2v) is 9.34. The Hall–Kier alpha value is -1.71. The highest BCUT2D eigenvalue weighted by Gasteiger charge is 2.28. The molecule has 9 nitrogen and oxygen atoms in total. The third-order valence-corrected chi connectivity index (χ3v) is 6.51. The van der Waals surface area contributed by atoms with E-state index in [0.29, 0.717) is 6.54 Å². The Bertz CT molecular complexity index is 690. The second-order valence-electron chi connectivity index (χ2n) is 9.34. The number of morpholine rings is 1. The van der Waals surface area contributed by atoms with Crippen molar-refractivity contribution < 1.29 is 4.74 Å². The van der Waals surface area contributed by atoms with Gasteiger partial charge < -0.3 is 19.9 Å². The monoisotopic (exact) mass is 434 g/mol. The largest absolute Gasteiger partial charge is 0.379 e. The van der Waals surface area contributed by atoms with E-state index < -0.39 is 0 Å². The molecule has 3 rings (SSSR count). The van der Waals surface area contributed by atoms with Crippen molar-refractivity contribution in [2.75, 3.05) is 59.0 Å². The molecule has 1 aromatic heterocycles. The van der Waals surface area contributed by atoms with Crippen molar-refractivity contribution in [3.05, 3.63) is 11.6 Å². The quantitative estimate of drug-likeness (QED) is 0.343. The maximum Gasteiger partial charge on any atom is 0.191 e. The highest BCUT2D eigenvalue weighted by Crippen LogP contribution is 2.19. The number of aromatic nitrogens is 3. The Morgan fingerprint density at radius 3 is 2.48 bits per heavy atom. The first-order chi connectivity index (χ1) is 15.0. The van der Waals surface area contributed by atoms with Crippen LogP contribution in [-0.2, 0) is 18.3 Å². The van der Waals surface area contributed by atoms with E-state index in [9.17, 15) is 0 Å². The van der Waals surface area contributed by atoms with Crippen molar-refractivity contribution in [3.8, 4) is 0 Å². The van der Waals surface area contributed by atoms with E-state index in [0.717, 1.165) is 70.0 Å². The number of hydrogen-bond donors (Lipinski definition) is 2. The summed E-state index contributed by atoms with van der Waals surface area (Å²) in [4.78, 5) is 9.89. The average molecular weight is 435 g/mol. The van der Waals surface area contributed by atoms with Gasteiger partial charge in [0.05, 0.1) is 13.2 Å². The molecule has 2 aliphatic heterocycles. The van der Waals surface area contributed by atoms with Gasteiger partial charge in [-0.2, -0.15) is 0 Å². The van der Waals surface area contributed by atoms with Gasteiger partial charge >= 0.3 is 0 Å². The summed E-state index contributed by atoms with van der Waals surface area (Å²) < 4.78 is 7.44. The third-order valence-electron chi connectivity index (χ3n) is 6.51. The molecule has 2 fully saturated rings. The summed E-state index contributed by atoms with van der Waals surface area (Å²) in [6, 6.07) is 0. The standard InChI is InChI=1S/C22H42N8O/c1-19-26-27-20(28(19)4)17-24-21(23-9-8-10-29-13-15-31-16-14-29)25-18-22(2,3)30-11-6-5-7-12-30/h5-18H2,1-4H3,(H2,23,24,25). The van der Waals surface area contributed by atoms with Gasteiger partial charge in [0.2, 0.25) is 0 Å². The fraction of sp³-hybridized carbons (Fsp3) is 0.864. The van der Waals surface area contributed by atoms with Gasteiger partial charge in [0.25, 0.3) is 0 Å². The van der Waals surface area contributed by atoms with Crippen LogP contribution in [0.15, 0.2) is 4.99 Å². The number of nitrogens with one attached hydrogen (secondary N) is 2. The van der Waals surface area contributed by atoms with Crippen molar-refractivity contribution >= 4 is 5.96 Å². The normalized spacial score (nSPS) is 19.5. The highest BCUT2D eigenvalue weighted by atomic mass is 16.5. The first-order valence-corrected chi connectivity index (χ1v) is 11.9. The zero-order valence-corrected chi connectivity index (χ0v) is 20.0. The SMILES string of the molecule is Cc1nnc(CN=C(NCCCN2CCOCC2)NCC(C)(C)N2CCCCC2)n1C. The van der Waals surface area contributed by atoms with Crippen LogP contribution in [0.25, 0.3) is 0 Å². The molecule has 0 aromatic carbocycles. The van der Waals surface area contributed by atoms with Crippen LogP contribution in [0.5, 0.6) is 0 Å². The number of ether oxygens (including phenoxy) is 1. The minimum Gasteiger partial charge on any atom is -0.379 e. The van der Waals surface area contributed by atoms with Gasteiger partial charge in [0.15, 0.2) is 11.8 Å². The lowest BCUT2D eigenvalue weighted by atomic mass is 9.98. The predicted octanol–water partition coefficient (Wildman–Crippen LogP) is 1.15. The second kappa shape index (κ2) is 11.8. The maximum absolute atomic E-state index is 5.44. The van der Waals surface area contributed by atoms with Crippen molar-refractivity contribution in [2.45, 2.75) is 58.5 Å². The first kappa shape index (κ1) is 23.9. The van der Waals surface area contributed by atoms with Gasteiger partial charge in [-0.15, -0.1) is 10.2 Å². The van der Waals surface area contributed by atoms with Crippen LogP contribution in [0.2, 0.25) is 0 Å². The summed E-state index contributed by atoms with van der Waals surface area (Å²) >= 11 is 0. The van der Waals surface area contributed by atoms with Crippen molar-refractivity contribution in [1.82, 2.24) is 35.2 Å². The van der Waals surface area contributed by atoms with Crippen LogP contribution in [-0.4, -0.2) is 95.1 Å². The van der Waals surface area contributed by atoms with E-state index >= 15 is 0 Å². The number of rotatable bonds is 9. The lowest BCUT2D eigenvalue weighted by Gasteiger charge is -2.41. The highest BCUT2D eigenvalue weighted by molar-refractivity contribution is 5.79. The van der Waals surface area contributed by atoms with E-state index in [1.165, 1.54) is 32.4 Å². The summed E-state index contributed by atoms with van der Waals surface area (Å²) in [5, 5.41) is 15.5. The molecule has 0 bridgehead atoms. The fourth-order valence-corrected chi connectivity index (χ4v) is 4.16. The van der Waals surface area contributed by atoms with Gasteiger partial charge in [-0.25, -0.2) is 4.99 Å². The van der Waals surface area contributed by atoms with Gasteiger partial charge in [0, 0.05) is 38.8 Å². The zero-order chi connectivity index (χ0) is 22.1. The van der Waals surface area contributed by atoms with Gasteiger partial charge in [0.1, 0.15) is 12.4 Å². The van der Waals surface area contributed by atoms with E-state index in [4.69, 9.17) is 9.73 Å². The molecule has 0 radical (unpaired) electrons. The molecule has 0 aliphatic carbocycles. The van der Waals surface area contributed by atoms with Crippen molar-refractivity contribution in [1.29, 1.82) is 0 Å². The summed E-state index contributed by atoms with van der Waals surface area (Å²) in [7, 11) is 1.99. The smallest absolute Gasteiger partial charge is 0.191 e. The minimum absolute atomic E-state index is 0.0953. The first-order valence-electron chi connectivity index (χ1n) is 11.9. The number of guanidine groups is 1. The molecule has 0 saturated carbocycles. The number of aliphatic imine (C=N–C) groups is 1. The van der Waals surface area contributed by atoms with Crippen molar-refractivity contribution in [3.63, 3.8) is 0 Å². The number of hydrogen-bond acceptors (Lipinski definition) is 6. The number of aryl methyl sites for hydroxylation is 1. The molecule has 9 heteroatoms.